The second kappa shape index (κ2) is 5.65. The maximum absolute atomic E-state index is 13.7. The van der Waals surface area contributed by atoms with Crippen molar-refractivity contribution < 1.29 is 9.13 Å². The van der Waals surface area contributed by atoms with Gasteiger partial charge in [-0.3, -0.25) is 0 Å². The minimum absolute atomic E-state index is 0.285. The van der Waals surface area contributed by atoms with Crippen LogP contribution in [0, 0.1) is 5.82 Å². The number of hydrogen-bond donors (Lipinski definition) is 1. The Kier molecular flexibility index (Phi) is 3.95. The van der Waals surface area contributed by atoms with Crippen molar-refractivity contribution in [3.63, 3.8) is 0 Å². The molecule has 0 bridgehead atoms. The van der Waals surface area contributed by atoms with E-state index in [1.165, 1.54) is 6.07 Å². The zero-order valence-electron chi connectivity index (χ0n) is 10.3. The molecular formula is C15H16FNO. The second-order valence-electron chi connectivity index (χ2n) is 4.00. The van der Waals surface area contributed by atoms with Gasteiger partial charge in [-0.1, -0.05) is 30.3 Å². The average Bonchev–Trinajstić information content (AvgIpc) is 2.39. The van der Waals surface area contributed by atoms with Gasteiger partial charge in [0.15, 0.2) is 0 Å². The molecule has 0 fully saturated rings. The summed E-state index contributed by atoms with van der Waals surface area (Å²) in [5.74, 6) is 0.466. The van der Waals surface area contributed by atoms with Crippen LogP contribution >= 0.6 is 0 Å². The lowest BCUT2D eigenvalue weighted by Gasteiger charge is -2.14. The molecule has 0 amide bonds. The highest BCUT2D eigenvalue weighted by Crippen LogP contribution is 2.24. The van der Waals surface area contributed by atoms with Gasteiger partial charge in [-0.05, 0) is 30.7 Å². The molecule has 2 rings (SSSR count). The van der Waals surface area contributed by atoms with E-state index in [0.29, 0.717) is 12.2 Å². The molecule has 0 aliphatic carbocycles. The number of nitrogens with two attached hydrogens (primary N) is 1. The molecule has 0 radical (unpaired) electrons. The van der Waals surface area contributed by atoms with Gasteiger partial charge in [-0.25, -0.2) is 4.39 Å². The van der Waals surface area contributed by atoms with E-state index in [1.807, 2.05) is 31.2 Å². The van der Waals surface area contributed by atoms with Crippen LogP contribution in [-0.4, -0.2) is 6.61 Å². The first-order chi connectivity index (χ1) is 8.72. The monoisotopic (exact) mass is 245 g/mol. The summed E-state index contributed by atoms with van der Waals surface area (Å²) < 4.78 is 19.1. The molecule has 3 heteroatoms. The van der Waals surface area contributed by atoms with E-state index in [-0.39, 0.29) is 5.82 Å². The fraction of sp³-hybridized carbons (Fsp3) is 0.200. The van der Waals surface area contributed by atoms with Gasteiger partial charge in [0.05, 0.1) is 12.6 Å². The van der Waals surface area contributed by atoms with E-state index in [9.17, 15) is 4.39 Å². The zero-order valence-corrected chi connectivity index (χ0v) is 10.3. The fourth-order valence-corrected chi connectivity index (χ4v) is 1.87. The number of rotatable bonds is 4. The minimum atomic E-state index is -0.480. The van der Waals surface area contributed by atoms with Crippen LogP contribution in [0.1, 0.15) is 24.1 Å². The van der Waals surface area contributed by atoms with Crippen LogP contribution in [0.5, 0.6) is 5.75 Å². The molecule has 0 aliphatic heterocycles. The van der Waals surface area contributed by atoms with Gasteiger partial charge in [0.2, 0.25) is 0 Å². The van der Waals surface area contributed by atoms with E-state index in [2.05, 4.69) is 0 Å². The first-order valence-corrected chi connectivity index (χ1v) is 5.95. The molecule has 2 nitrogen and oxygen atoms in total. The molecule has 2 N–H and O–H groups in total. The third-order valence-corrected chi connectivity index (χ3v) is 2.77. The van der Waals surface area contributed by atoms with Gasteiger partial charge in [0, 0.05) is 5.56 Å². The first-order valence-electron chi connectivity index (χ1n) is 5.95. The standard InChI is InChI=1S/C15H16FNO/c1-2-18-12-7-5-6-11(10-12)15(17)13-8-3-4-9-14(13)16/h3-10,15H,2,17H2,1H3. The second-order valence-corrected chi connectivity index (χ2v) is 4.00. The molecule has 0 saturated carbocycles. The minimum Gasteiger partial charge on any atom is -0.494 e. The molecule has 0 spiro atoms. The van der Waals surface area contributed by atoms with Crippen LogP contribution < -0.4 is 10.5 Å². The maximum atomic E-state index is 13.7. The molecule has 2 aromatic rings. The van der Waals surface area contributed by atoms with Crippen molar-refractivity contribution in [1.29, 1.82) is 0 Å². The summed E-state index contributed by atoms with van der Waals surface area (Å²) in [6.45, 7) is 2.52. The Labute approximate surface area is 106 Å². The molecule has 0 aliphatic rings. The normalized spacial score (nSPS) is 12.2. The van der Waals surface area contributed by atoms with Crippen LogP contribution in [0.2, 0.25) is 0 Å². The fourth-order valence-electron chi connectivity index (χ4n) is 1.87. The predicted octanol–water partition coefficient (Wildman–Crippen LogP) is 3.27. The molecule has 0 saturated heterocycles. The molecule has 0 aromatic heterocycles. The smallest absolute Gasteiger partial charge is 0.128 e. The Morgan fingerprint density at radius 3 is 2.67 bits per heavy atom. The van der Waals surface area contributed by atoms with Crippen molar-refractivity contribution in [3.8, 4) is 5.75 Å². The SMILES string of the molecule is CCOc1cccc(C(N)c2ccccc2F)c1. The molecular weight excluding hydrogens is 229 g/mol. The van der Waals surface area contributed by atoms with Crippen LogP contribution in [0.25, 0.3) is 0 Å². The molecule has 1 atom stereocenters. The van der Waals surface area contributed by atoms with Crippen molar-refractivity contribution in [2.75, 3.05) is 6.61 Å². The summed E-state index contributed by atoms with van der Waals surface area (Å²) in [5, 5.41) is 0. The van der Waals surface area contributed by atoms with E-state index < -0.39 is 6.04 Å². The average molecular weight is 245 g/mol. The van der Waals surface area contributed by atoms with Gasteiger partial charge in [0.25, 0.3) is 0 Å². The maximum Gasteiger partial charge on any atom is 0.128 e. The van der Waals surface area contributed by atoms with E-state index in [4.69, 9.17) is 10.5 Å². The lowest BCUT2D eigenvalue weighted by molar-refractivity contribution is 0.340. The number of benzene rings is 2. The highest BCUT2D eigenvalue weighted by atomic mass is 19.1. The zero-order chi connectivity index (χ0) is 13.0. The van der Waals surface area contributed by atoms with Crippen molar-refractivity contribution in [3.05, 3.63) is 65.5 Å². The summed E-state index contributed by atoms with van der Waals surface area (Å²) in [7, 11) is 0. The number of ether oxygens (including phenoxy) is 1. The first kappa shape index (κ1) is 12.6. The Morgan fingerprint density at radius 1 is 1.17 bits per heavy atom. The molecule has 18 heavy (non-hydrogen) atoms. The summed E-state index contributed by atoms with van der Waals surface area (Å²) in [6.07, 6.45) is 0. The number of hydrogen-bond acceptors (Lipinski definition) is 2. The largest absolute Gasteiger partial charge is 0.494 e. The highest BCUT2D eigenvalue weighted by Gasteiger charge is 2.13. The third kappa shape index (κ3) is 2.68. The van der Waals surface area contributed by atoms with Crippen LogP contribution in [0.3, 0.4) is 0 Å². The summed E-state index contributed by atoms with van der Waals surface area (Å²) in [6, 6.07) is 13.5. The Balaban J connectivity index is 2.31. The predicted molar refractivity (Wildman–Crippen MR) is 70.0 cm³/mol. The van der Waals surface area contributed by atoms with E-state index in [1.54, 1.807) is 18.2 Å². The third-order valence-electron chi connectivity index (χ3n) is 2.77. The lowest BCUT2D eigenvalue weighted by Crippen LogP contribution is -2.13. The van der Waals surface area contributed by atoms with E-state index >= 15 is 0 Å². The van der Waals surface area contributed by atoms with Crippen LogP contribution in [-0.2, 0) is 0 Å². The summed E-state index contributed by atoms with van der Waals surface area (Å²) >= 11 is 0. The Bertz CT molecular complexity index is 527. The summed E-state index contributed by atoms with van der Waals surface area (Å²) in [5.41, 5.74) is 7.42. The van der Waals surface area contributed by atoms with Gasteiger partial charge < -0.3 is 10.5 Å². The quantitative estimate of drug-likeness (QED) is 0.897. The Hall–Kier alpha value is -1.87. The van der Waals surface area contributed by atoms with Gasteiger partial charge >= 0.3 is 0 Å². The Morgan fingerprint density at radius 2 is 1.94 bits per heavy atom. The van der Waals surface area contributed by atoms with Crippen LogP contribution in [0.4, 0.5) is 4.39 Å². The molecule has 2 aromatic carbocycles. The molecule has 1 unspecified atom stereocenters. The highest BCUT2D eigenvalue weighted by molar-refractivity contribution is 5.36. The van der Waals surface area contributed by atoms with Crippen molar-refractivity contribution >= 4 is 0 Å². The topological polar surface area (TPSA) is 35.2 Å². The van der Waals surface area contributed by atoms with E-state index in [0.717, 1.165) is 11.3 Å². The molecule has 94 valence electrons. The van der Waals surface area contributed by atoms with Gasteiger partial charge in [0.1, 0.15) is 11.6 Å². The lowest BCUT2D eigenvalue weighted by atomic mass is 9.99. The van der Waals surface area contributed by atoms with Crippen molar-refractivity contribution in [2.24, 2.45) is 5.73 Å². The van der Waals surface area contributed by atoms with Gasteiger partial charge in [-0.2, -0.15) is 0 Å². The number of halogens is 1. The van der Waals surface area contributed by atoms with Crippen LogP contribution in [0.15, 0.2) is 48.5 Å². The van der Waals surface area contributed by atoms with Crippen molar-refractivity contribution in [1.82, 2.24) is 0 Å². The molecule has 0 heterocycles. The van der Waals surface area contributed by atoms with Crippen molar-refractivity contribution in [2.45, 2.75) is 13.0 Å². The summed E-state index contributed by atoms with van der Waals surface area (Å²) in [4.78, 5) is 0. The van der Waals surface area contributed by atoms with Gasteiger partial charge in [-0.15, -0.1) is 0 Å².